The van der Waals surface area contributed by atoms with E-state index in [4.69, 9.17) is 5.73 Å². The molecule has 6 heteroatoms. The highest BCUT2D eigenvalue weighted by molar-refractivity contribution is 7.92. The summed E-state index contributed by atoms with van der Waals surface area (Å²) in [5.41, 5.74) is 7.64. The monoisotopic (exact) mass is 251 g/mol. The van der Waals surface area contributed by atoms with Crippen molar-refractivity contribution in [1.29, 1.82) is 0 Å². The van der Waals surface area contributed by atoms with Gasteiger partial charge < -0.3 is 10.7 Å². The Kier molecular flexibility index (Phi) is 2.81. The van der Waals surface area contributed by atoms with Crippen LogP contribution in [0.2, 0.25) is 0 Å². The predicted molar refractivity (Wildman–Crippen MR) is 67.2 cm³/mol. The van der Waals surface area contributed by atoms with Crippen LogP contribution in [-0.2, 0) is 10.0 Å². The largest absolute Gasteiger partial charge is 0.398 e. The van der Waals surface area contributed by atoms with Crippen LogP contribution < -0.4 is 10.5 Å². The minimum atomic E-state index is -3.54. The fourth-order valence-corrected chi connectivity index (χ4v) is 2.42. The fraction of sp³-hybridized carbons (Fsp3) is 0.0909. The highest BCUT2D eigenvalue weighted by Crippen LogP contribution is 2.20. The summed E-state index contributed by atoms with van der Waals surface area (Å²) < 4.78 is 26.2. The third-order valence-electron chi connectivity index (χ3n) is 2.41. The Morgan fingerprint density at radius 3 is 2.65 bits per heavy atom. The van der Waals surface area contributed by atoms with Crippen molar-refractivity contribution in [3.05, 3.63) is 42.2 Å². The third-order valence-corrected chi connectivity index (χ3v) is 3.79. The second-order valence-corrected chi connectivity index (χ2v) is 5.41. The fourth-order valence-electron chi connectivity index (χ4n) is 1.39. The minimum absolute atomic E-state index is 0.191. The molecule has 0 radical (unpaired) electrons. The van der Waals surface area contributed by atoms with E-state index in [1.54, 1.807) is 24.4 Å². The first kappa shape index (κ1) is 11.5. The van der Waals surface area contributed by atoms with E-state index in [-0.39, 0.29) is 4.90 Å². The molecule has 4 N–H and O–H groups in total. The number of hydrogen-bond donors (Lipinski definition) is 3. The second kappa shape index (κ2) is 4.14. The number of H-pyrrole nitrogens is 1. The van der Waals surface area contributed by atoms with Gasteiger partial charge in [0.2, 0.25) is 0 Å². The van der Waals surface area contributed by atoms with Gasteiger partial charge in [-0.2, -0.15) is 0 Å². The molecule has 2 aromatic rings. The van der Waals surface area contributed by atoms with Gasteiger partial charge in [0.05, 0.1) is 5.69 Å². The predicted octanol–water partition coefficient (Wildman–Crippen LogP) is 1.71. The molecule has 0 saturated heterocycles. The number of hydrogen-bond acceptors (Lipinski definition) is 3. The summed E-state index contributed by atoms with van der Waals surface area (Å²) in [4.78, 5) is 2.89. The van der Waals surface area contributed by atoms with Crippen molar-refractivity contribution in [1.82, 2.24) is 4.98 Å². The maximum atomic E-state index is 11.9. The topological polar surface area (TPSA) is 88.0 Å². The first-order chi connectivity index (χ1) is 7.99. The van der Waals surface area contributed by atoms with Crippen LogP contribution in [0.5, 0.6) is 0 Å². The van der Waals surface area contributed by atoms with E-state index in [1.165, 1.54) is 12.3 Å². The van der Waals surface area contributed by atoms with Crippen LogP contribution in [0.3, 0.4) is 0 Å². The van der Waals surface area contributed by atoms with Gasteiger partial charge in [0.15, 0.2) is 0 Å². The first-order valence-corrected chi connectivity index (χ1v) is 6.49. The number of benzene rings is 1. The van der Waals surface area contributed by atoms with Gasteiger partial charge in [0.1, 0.15) is 4.90 Å². The van der Waals surface area contributed by atoms with Crippen molar-refractivity contribution in [2.75, 3.05) is 10.5 Å². The summed E-state index contributed by atoms with van der Waals surface area (Å²) in [6.45, 7) is 1.86. The van der Waals surface area contributed by atoms with Gasteiger partial charge >= 0.3 is 0 Å². The van der Waals surface area contributed by atoms with Crippen molar-refractivity contribution in [3.63, 3.8) is 0 Å². The van der Waals surface area contributed by atoms with E-state index in [0.29, 0.717) is 11.4 Å². The summed E-state index contributed by atoms with van der Waals surface area (Å²) >= 11 is 0. The quantitative estimate of drug-likeness (QED) is 0.725. The van der Waals surface area contributed by atoms with Gasteiger partial charge in [-0.1, -0.05) is 6.07 Å². The number of nitrogen functional groups attached to an aromatic ring is 1. The molecular weight excluding hydrogens is 238 g/mol. The zero-order valence-electron chi connectivity index (χ0n) is 9.27. The maximum absolute atomic E-state index is 11.9. The Labute approximate surface area is 99.7 Å². The van der Waals surface area contributed by atoms with E-state index >= 15 is 0 Å². The molecule has 0 saturated carbocycles. The van der Waals surface area contributed by atoms with E-state index in [2.05, 4.69) is 9.71 Å². The molecular formula is C11H13N3O2S. The summed E-state index contributed by atoms with van der Waals surface area (Å²) in [6, 6.07) is 6.53. The lowest BCUT2D eigenvalue weighted by Gasteiger charge is -2.08. The van der Waals surface area contributed by atoms with Crippen LogP contribution in [-0.4, -0.2) is 13.4 Å². The van der Waals surface area contributed by atoms with Crippen LogP contribution in [0.15, 0.2) is 41.6 Å². The van der Waals surface area contributed by atoms with Crippen molar-refractivity contribution >= 4 is 21.4 Å². The molecule has 2 rings (SSSR count). The van der Waals surface area contributed by atoms with Crippen LogP contribution in [0, 0.1) is 6.92 Å². The second-order valence-electron chi connectivity index (χ2n) is 3.72. The average molecular weight is 251 g/mol. The molecule has 1 aromatic carbocycles. The Morgan fingerprint density at radius 1 is 1.29 bits per heavy atom. The molecule has 17 heavy (non-hydrogen) atoms. The van der Waals surface area contributed by atoms with Crippen molar-refractivity contribution in [2.24, 2.45) is 0 Å². The van der Waals surface area contributed by atoms with E-state index in [9.17, 15) is 8.42 Å². The molecule has 1 heterocycles. The lowest BCUT2D eigenvalue weighted by molar-refractivity contribution is 0.601. The molecule has 0 aliphatic rings. The molecule has 0 unspecified atom stereocenters. The number of rotatable bonds is 3. The van der Waals surface area contributed by atoms with Gasteiger partial charge in [-0.25, -0.2) is 8.42 Å². The third kappa shape index (κ3) is 2.42. The molecule has 0 aliphatic carbocycles. The Balaban J connectivity index is 2.30. The van der Waals surface area contributed by atoms with Gasteiger partial charge in [-0.15, -0.1) is 0 Å². The van der Waals surface area contributed by atoms with Crippen LogP contribution in [0.1, 0.15) is 5.56 Å². The lowest BCUT2D eigenvalue weighted by Crippen LogP contribution is -2.12. The van der Waals surface area contributed by atoms with Crippen molar-refractivity contribution in [3.8, 4) is 0 Å². The van der Waals surface area contributed by atoms with Gasteiger partial charge in [-0.3, -0.25) is 4.72 Å². The molecule has 0 bridgehead atoms. The van der Waals surface area contributed by atoms with Gasteiger partial charge in [0.25, 0.3) is 10.0 Å². The summed E-state index contributed by atoms with van der Waals surface area (Å²) in [5, 5.41) is 0. The van der Waals surface area contributed by atoms with E-state index < -0.39 is 10.0 Å². The molecule has 5 nitrogen and oxygen atoms in total. The Bertz CT molecular complexity index is 618. The minimum Gasteiger partial charge on any atom is -0.398 e. The first-order valence-electron chi connectivity index (χ1n) is 5.01. The molecule has 0 atom stereocenters. The highest BCUT2D eigenvalue weighted by Gasteiger charge is 2.14. The maximum Gasteiger partial charge on any atom is 0.263 e. The van der Waals surface area contributed by atoms with E-state index in [0.717, 1.165) is 5.56 Å². The summed E-state index contributed by atoms with van der Waals surface area (Å²) in [6.07, 6.45) is 2.97. The van der Waals surface area contributed by atoms with Crippen molar-refractivity contribution < 1.29 is 8.42 Å². The van der Waals surface area contributed by atoms with E-state index in [1.807, 2.05) is 6.92 Å². The highest BCUT2D eigenvalue weighted by atomic mass is 32.2. The number of aryl methyl sites for hydroxylation is 1. The molecule has 90 valence electrons. The van der Waals surface area contributed by atoms with Crippen molar-refractivity contribution in [2.45, 2.75) is 11.8 Å². The summed E-state index contributed by atoms with van der Waals surface area (Å²) in [7, 11) is -3.54. The standard InChI is InChI=1S/C11H13N3O2S/c1-8-2-3-9(6-11(8)12)14-17(15,16)10-4-5-13-7-10/h2-7,13-14H,12H2,1H3. The molecule has 0 spiro atoms. The normalized spacial score (nSPS) is 11.4. The average Bonchev–Trinajstić information content (AvgIpc) is 2.77. The van der Waals surface area contributed by atoms with Gasteiger partial charge in [0, 0.05) is 18.1 Å². The molecule has 0 amide bonds. The molecule has 0 aliphatic heterocycles. The number of aromatic nitrogens is 1. The number of nitrogens with two attached hydrogens (primary N) is 1. The number of aromatic amines is 1. The van der Waals surface area contributed by atoms with Crippen LogP contribution in [0.4, 0.5) is 11.4 Å². The Hall–Kier alpha value is -1.95. The lowest BCUT2D eigenvalue weighted by atomic mass is 10.2. The van der Waals surface area contributed by atoms with Gasteiger partial charge in [-0.05, 0) is 30.7 Å². The number of anilines is 2. The van der Waals surface area contributed by atoms with Crippen LogP contribution in [0.25, 0.3) is 0 Å². The number of sulfonamides is 1. The summed E-state index contributed by atoms with van der Waals surface area (Å²) in [5.74, 6) is 0. The smallest absolute Gasteiger partial charge is 0.263 e. The SMILES string of the molecule is Cc1ccc(NS(=O)(=O)c2cc[nH]c2)cc1N. The number of nitrogens with one attached hydrogen (secondary N) is 2. The Morgan fingerprint density at radius 2 is 2.06 bits per heavy atom. The van der Waals surface area contributed by atoms with Crippen LogP contribution >= 0.6 is 0 Å². The molecule has 0 fully saturated rings. The zero-order chi connectivity index (χ0) is 12.5. The zero-order valence-corrected chi connectivity index (χ0v) is 10.1. The molecule has 1 aromatic heterocycles.